The average molecular weight is 450 g/mol. The van der Waals surface area contributed by atoms with Crippen LogP contribution in [0.25, 0.3) is 0 Å². The van der Waals surface area contributed by atoms with Gasteiger partial charge in [-0.2, -0.15) is 0 Å². The highest BCUT2D eigenvalue weighted by atomic mass is 19.1. The van der Waals surface area contributed by atoms with Crippen molar-refractivity contribution in [2.45, 2.75) is 50.7 Å². The molecule has 0 saturated carbocycles. The van der Waals surface area contributed by atoms with Crippen molar-refractivity contribution < 1.29 is 14.3 Å². The van der Waals surface area contributed by atoms with E-state index in [9.17, 15) is 14.3 Å². The van der Waals surface area contributed by atoms with Gasteiger partial charge in [0.05, 0.1) is 12.2 Å². The summed E-state index contributed by atoms with van der Waals surface area (Å²) in [4.78, 5) is 17.0. The quantitative estimate of drug-likeness (QED) is 0.705. The second-order valence-electron chi connectivity index (χ2n) is 9.19. The van der Waals surface area contributed by atoms with Crippen LogP contribution in [0.4, 0.5) is 9.18 Å². The highest BCUT2D eigenvalue weighted by Crippen LogP contribution is 2.41. The third-order valence-corrected chi connectivity index (χ3v) is 6.58. The van der Waals surface area contributed by atoms with E-state index in [-0.39, 0.29) is 42.5 Å². The zero-order valence-corrected chi connectivity index (χ0v) is 19.3. The van der Waals surface area contributed by atoms with Crippen molar-refractivity contribution in [1.82, 2.24) is 15.1 Å². The van der Waals surface area contributed by atoms with Crippen molar-refractivity contribution in [2.75, 3.05) is 26.2 Å². The van der Waals surface area contributed by atoms with Crippen molar-refractivity contribution in [1.29, 1.82) is 0 Å². The molecule has 0 unspecified atom stereocenters. The van der Waals surface area contributed by atoms with Crippen LogP contribution in [0.3, 0.4) is 0 Å². The molecular formula is C27H32FN3O2. The second kappa shape index (κ2) is 10.4. The molecule has 0 radical (unpaired) electrons. The number of benzene rings is 2. The Hall–Kier alpha value is -2.88. The SMILES string of the molecule is CC(C)NC(=O)N1CCCCN2[C@@H](CO)[C@@H](c3ccc(C#Cc4ccccc4F)cc3)[C@@H]2C1. The third kappa shape index (κ3) is 5.21. The van der Waals surface area contributed by atoms with E-state index in [0.717, 1.165) is 37.1 Å². The summed E-state index contributed by atoms with van der Waals surface area (Å²) in [7, 11) is 0. The van der Waals surface area contributed by atoms with Gasteiger partial charge in [-0.05, 0) is 63.1 Å². The van der Waals surface area contributed by atoms with Crippen molar-refractivity contribution in [3.8, 4) is 11.8 Å². The molecule has 5 nitrogen and oxygen atoms in total. The molecule has 2 aromatic carbocycles. The molecule has 0 bridgehead atoms. The Morgan fingerprint density at radius 3 is 2.55 bits per heavy atom. The Morgan fingerprint density at radius 1 is 1.12 bits per heavy atom. The van der Waals surface area contributed by atoms with Crippen LogP contribution in [-0.2, 0) is 0 Å². The molecular weight excluding hydrogens is 417 g/mol. The lowest BCUT2D eigenvalue weighted by molar-refractivity contribution is -0.0591. The number of fused-ring (bicyclic) bond motifs is 1. The number of halogens is 1. The smallest absolute Gasteiger partial charge is 0.317 e. The van der Waals surface area contributed by atoms with E-state index in [2.05, 4.69) is 22.1 Å². The summed E-state index contributed by atoms with van der Waals surface area (Å²) in [6.45, 7) is 6.38. The number of hydrogen-bond acceptors (Lipinski definition) is 3. The maximum absolute atomic E-state index is 13.8. The van der Waals surface area contributed by atoms with Crippen LogP contribution in [0.1, 0.15) is 49.3 Å². The van der Waals surface area contributed by atoms with Crippen molar-refractivity contribution in [3.05, 3.63) is 71.0 Å². The summed E-state index contributed by atoms with van der Waals surface area (Å²) in [5, 5.41) is 13.1. The van der Waals surface area contributed by atoms with Gasteiger partial charge in [-0.25, -0.2) is 9.18 Å². The van der Waals surface area contributed by atoms with E-state index in [1.807, 2.05) is 43.0 Å². The Labute approximate surface area is 195 Å². The Balaban J connectivity index is 1.52. The molecule has 2 heterocycles. The molecule has 2 aliphatic heterocycles. The van der Waals surface area contributed by atoms with E-state index in [1.165, 1.54) is 6.07 Å². The number of aliphatic hydroxyl groups excluding tert-OH is 1. The maximum atomic E-state index is 13.8. The molecule has 3 atom stereocenters. The molecule has 0 aliphatic carbocycles. The van der Waals surface area contributed by atoms with Gasteiger partial charge in [-0.1, -0.05) is 36.1 Å². The van der Waals surface area contributed by atoms with Gasteiger partial charge in [0.25, 0.3) is 0 Å². The number of nitrogens with zero attached hydrogens (tertiary/aromatic N) is 2. The summed E-state index contributed by atoms with van der Waals surface area (Å²) in [6.07, 6.45) is 1.97. The fourth-order valence-corrected chi connectivity index (χ4v) is 4.95. The zero-order chi connectivity index (χ0) is 23.4. The van der Waals surface area contributed by atoms with Crippen LogP contribution in [0.2, 0.25) is 0 Å². The molecule has 2 amide bonds. The first kappa shape index (κ1) is 23.3. The minimum atomic E-state index is -0.322. The first-order valence-corrected chi connectivity index (χ1v) is 11.8. The van der Waals surface area contributed by atoms with E-state index >= 15 is 0 Å². The summed E-state index contributed by atoms with van der Waals surface area (Å²) < 4.78 is 13.8. The largest absolute Gasteiger partial charge is 0.395 e. The number of amides is 2. The number of hydrogen-bond donors (Lipinski definition) is 2. The fraction of sp³-hybridized carbons (Fsp3) is 0.444. The number of carbonyl (C=O) groups excluding carboxylic acids is 1. The average Bonchev–Trinajstić information content (AvgIpc) is 2.78. The summed E-state index contributed by atoms with van der Waals surface area (Å²) in [6, 6.07) is 14.8. The van der Waals surface area contributed by atoms with Crippen LogP contribution in [0.5, 0.6) is 0 Å². The van der Waals surface area contributed by atoms with Gasteiger partial charge in [0, 0.05) is 42.7 Å². The number of aliphatic hydroxyl groups is 1. The minimum absolute atomic E-state index is 0.0168. The first-order valence-electron chi connectivity index (χ1n) is 11.8. The molecule has 33 heavy (non-hydrogen) atoms. The van der Waals surface area contributed by atoms with Gasteiger partial charge in [0.1, 0.15) is 5.82 Å². The summed E-state index contributed by atoms with van der Waals surface area (Å²) in [5.41, 5.74) is 2.33. The second-order valence-corrected chi connectivity index (χ2v) is 9.19. The van der Waals surface area contributed by atoms with E-state index in [0.29, 0.717) is 12.1 Å². The molecule has 2 aromatic rings. The van der Waals surface area contributed by atoms with Crippen molar-refractivity contribution >= 4 is 6.03 Å². The predicted octanol–water partition coefficient (Wildman–Crippen LogP) is 3.57. The molecule has 6 heteroatoms. The van der Waals surface area contributed by atoms with Crippen molar-refractivity contribution in [3.63, 3.8) is 0 Å². The summed E-state index contributed by atoms with van der Waals surface area (Å²) >= 11 is 0. The molecule has 2 fully saturated rings. The van der Waals surface area contributed by atoms with Gasteiger partial charge in [-0.3, -0.25) is 4.90 Å². The van der Waals surface area contributed by atoms with Gasteiger partial charge >= 0.3 is 6.03 Å². The monoisotopic (exact) mass is 449 g/mol. The molecule has 0 aromatic heterocycles. The predicted molar refractivity (Wildman–Crippen MR) is 127 cm³/mol. The number of urea groups is 1. The van der Waals surface area contributed by atoms with Crippen molar-refractivity contribution in [2.24, 2.45) is 0 Å². The molecule has 2 N–H and O–H groups in total. The highest BCUT2D eigenvalue weighted by Gasteiger charge is 2.49. The molecule has 0 spiro atoms. The zero-order valence-electron chi connectivity index (χ0n) is 19.3. The minimum Gasteiger partial charge on any atom is -0.395 e. The molecule has 4 rings (SSSR count). The van der Waals surface area contributed by atoms with Crippen LogP contribution in [0.15, 0.2) is 48.5 Å². The number of rotatable bonds is 3. The highest BCUT2D eigenvalue weighted by molar-refractivity contribution is 5.74. The standard InChI is InChI=1S/C27H32FN3O2/c1-19(2)29-27(33)30-15-5-6-16-31-24(17-30)26(25(31)18-32)22-13-10-20(11-14-22)9-12-21-7-3-4-8-23(21)28/h3-4,7-8,10-11,13-14,19,24-26,32H,5-6,15-18H2,1-2H3,(H,29,33)/t24-,25-,26-/m0/s1. The van der Waals surface area contributed by atoms with E-state index < -0.39 is 0 Å². The summed E-state index contributed by atoms with van der Waals surface area (Å²) in [5.74, 6) is 5.76. The Kier molecular flexibility index (Phi) is 7.32. The van der Waals surface area contributed by atoms with Crippen LogP contribution >= 0.6 is 0 Å². The van der Waals surface area contributed by atoms with Crippen LogP contribution in [-0.4, -0.2) is 65.3 Å². The molecule has 174 valence electrons. The number of nitrogens with one attached hydrogen (secondary N) is 1. The fourth-order valence-electron chi connectivity index (χ4n) is 4.95. The third-order valence-electron chi connectivity index (χ3n) is 6.58. The van der Waals surface area contributed by atoms with Gasteiger partial charge < -0.3 is 15.3 Å². The number of carbonyl (C=O) groups is 1. The topological polar surface area (TPSA) is 55.8 Å². The Bertz CT molecular complexity index is 1030. The van der Waals surface area contributed by atoms with Gasteiger partial charge in [0.2, 0.25) is 0 Å². The van der Waals surface area contributed by atoms with Crippen LogP contribution < -0.4 is 5.32 Å². The molecule has 2 saturated heterocycles. The van der Waals surface area contributed by atoms with Gasteiger partial charge in [0.15, 0.2) is 0 Å². The first-order chi connectivity index (χ1) is 16.0. The van der Waals surface area contributed by atoms with E-state index in [1.54, 1.807) is 18.2 Å². The lowest BCUT2D eigenvalue weighted by Crippen LogP contribution is -2.68. The Morgan fingerprint density at radius 2 is 1.85 bits per heavy atom. The maximum Gasteiger partial charge on any atom is 0.317 e. The lowest BCUT2D eigenvalue weighted by atomic mass is 9.74. The van der Waals surface area contributed by atoms with E-state index in [4.69, 9.17) is 0 Å². The lowest BCUT2D eigenvalue weighted by Gasteiger charge is -2.57. The molecule has 2 aliphatic rings. The van der Waals surface area contributed by atoms with Crippen LogP contribution in [0, 0.1) is 17.7 Å². The normalized spacial score (nSPS) is 22.9. The van der Waals surface area contributed by atoms with Gasteiger partial charge in [-0.15, -0.1) is 0 Å².